The Hall–Kier alpha value is -9.02. The summed E-state index contributed by atoms with van der Waals surface area (Å²) in [6, 6.07) is 18.6. The summed E-state index contributed by atoms with van der Waals surface area (Å²) in [5, 5.41) is 48.6. The molecule has 13 rings (SSSR count). The minimum absolute atomic E-state index is 0.0156. The van der Waals surface area contributed by atoms with Crippen LogP contribution in [0.2, 0.25) is 0 Å². The van der Waals surface area contributed by atoms with Crippen LogP contribution in [-0.2, 0) is 122 Å². The SMILES string of the molecule is COCCOCCOCCOCCOCCOCCOCCOCCOCCOCCOCCOCCC(=O)NC[C@H](NC(=O)C1CCC2(CC1)CCN(C(=O)CCCCC(=O)N1Cc3ccccc3C3=C(NNN3)c3ccccc31)CC2)C(=O)NCCNC(=O)[C@]1(O)Cc2c(O)c3c(c(O)c2[C@@H](O[C@H]2C[C@H]4[C@H](O[C@@H]5[C@@H](OC)OCCN54)[C@H](C)O2)C1)C(=O)c1c(OC)cccc1C3=O. The number of unbranched alkanes of at least 4 members (excludes halogenated alkanes) is 1. The lowest BCUT2D eigenvalue weighted by Gasteiger charge is -2.45. The van der Waals surface area contributed by atoms with Crippen molar-refractivity contribution in [2.24, 2.45) is 11.3 Å². The van der Waals surface area contributed by atoms with Crippen LogP contribution in [0.1, 0.15) is 156 Å². The van der Waals surface area contributed by atoms with Crippen molar-refractivity contribution in [2.45, 2.75) is 158 Å². The highest BCUT2D eigenvalue weighted by atomic mass is 16.7. The molecule has 6 aliphatic heterocycles. The topological polar surface area (TPSA) is 457 Å². The molecule has 1 spiro atoms. The maximum Gasteiger partial charge on any atom is 0.252 e. The monoisotopic (exact) mass is 1860 g/mol. The first-order chi connectivity index (χ1) is 64.8. The van der Waals surface area contributed by atoms with Gasteiger partial charge in [0, 0.05) is 132 Å². The second kappa shape index (κ2) is 51.2. The summed E-state index contributed by atoms with van der Waals surface area (Å²) >= 11 is 0. The maximum atomic E-state index is 14.7. The van der Waals surface area contributed by atoms with Gasteiger partial charge in [0.05, 0.1) is 218 Å². The predicted octanol–water partition coefficient (Wildman–Crippen LogP) is 3.55. The van der Waals surface area contributed by atoms with Crippen LogP contribution in [0.4, 0.5) is 5.69 Å². The Morgan fingerprint density at radius 3 is 1.73 bits per heavy atom. The van der Waals surface area contributed by atoms with Crippen molar-refractivity contribution < 1.29 is 139 Å². The first-order valence-electron chi connectivity index (χ1n) is 46.5. The molecular formula is C94H132N10O29. The Labute approximate surface area is 774 Å². The van der Waals surface area contributed by atoms with E-state index in [1.54, 1.807) is 14.0 Å². The Morgan fingerprint density at radius 1 is 0.579 bits per heavy atom. The number of likely N-dealkylation sites (tertiary alicyclic amines) is 1. The van der Waals surface area contributed by atoms with Gasteiger partial charge in [0.15, 0.2) is 24.6 Å². The highest BCUT2D eigenvalue weighted by Crippen LogP contribution is 2.54. The molecule has 9 aliphatic rings. The summed E-state index contributed by atoms with van der Waals surface area (Å²) in [4.78, 5) is 120. The molecule has 1 saturated carbocycles. The van der Waals surface area contributed by atoms with E-state index in [1.807, 2.05) is 58.3 Å². The Bertz CT molecular complexity index is 4550. The van der Waals surface area contributed by atoms with Crippen molar-refractivity contribution in [2.75, 3.05) is 224 Å². The van der Waals surface area contributed by atoms with Crippen molar-refractivity contribution in [3.63, 3.8) is 0 Å². The normalized spacial score (nSPS) is 22.0. The number of carbonyl (C=O) groups excluding carboxylic acids is 8. The van der Waals surface area contributed by atoms with Crippen LogP contribution in [0.3, 0.4) is 0 Å². The number of ketones is 2. The number of piperidine rings is 1. The summed E-state index contributed by atoms with van der Waals surface area (Å²) < 4.78 is 102. The van der Waals surface area contributed by atoms with Gasteiger partial charge in [-0.25, -0.2) is 0 Å². The van der Waals surface area contributed by atoms with Crippen LogP contribution in [0.15, 0.2) is 66.7 Å². The first-order valence-corrected chi connectivity index (χ1v) is 46.5. The highest BCUT2D eigenvalue weighted by Gasteiger charge is 2.56. The standard InChI is InChI=1S/C94H132N10O29/c1-61-87-70(103-31-33-130-91(118-4)90(103)133-87)56-76(131-61)132-72-58-94(115,57-67-78(72)86(111)80-79(84(67)109)83(108)66-15-11-17-71(117-3)77(66)85(80)110)92(114)96-28-27-95-89(113)68(59-97-73(105)22-32-119-36-37-121-40-41-123-44-45-125-48-49-127-52-53-129-55-54-128-51-50-126-47-46-124-43-42-122-39-38-120-35-34-116-2)98-88(112)62-20-23-93(24-21-62)25-29-102(30-26-93)74(106)18-9-10-19-75(107)104-60-63-12-5-6-13-64(63)81-82(100-101-99-81)65-14-7-8-16-69(65)104/h5-8,11-17,61-62,68,70,72,76,87,90-91,99-101,109,111,115H,9-10,18-60H2,1-4H3,(H,95,113)(H,96,114)(H,97,105)(H,98,112)/t61-,68-,70-,72-,76-,87+,90+,91-,94-/m0/s1. The van der Waals surface area contributed by atoms with E-state index in [1.165, 1.54) is 32.4 Å². The summed E-state index contributed by atoms with van der Waals surface area (Å²) in [6.45, 7) is 12.5. The average Bonchev–Trinajstić information content (AvgIpc) is 1.54. The number of hydrogen-bond acceptors (Lipinski definition) is 33. The van der Waals surface area contributed by atoms with Crippen LogP contribution in [0, 0.1) is 11.3 Å². The van der Waals surface area contributed by atoms with Crippen molar-refractivity contribution >= 4 is 64.1 Å². The quantitative estimate of drug-likeness (QED) is 0.0196. The fraction of sp³-hybridized carbons (Fsp3) is 0.638. The number of nitrogens with one attached hydrogen (secondary N) is 7. The van der Waals surface area contributed by atoms with Crippen molar-refractivity contribution in [3.05, 3.63) is 117 Å². The minimum Gasteiger partial charge on any atom is -0.507 e. The molecule has 10 N–H and O–H groups in total. The number of amides is 6. The molecule has 39 nitrogen and oxygen atoms in total. The van der Waals surface area contributed by atoms with E-state index in [2.05, 4.69) is 42.6 Å². The number of anilines is 1. The number of hydrazine groups is 2. The van der Waals surface area contributed by atoms with Crippen LogP contribution in [0.25, 0.3) is 11.4 Å². The van der Waals surface area contributed by atoms with E-state index in [9.17, 15) is 53.7 Å². The molecule has 0 bridgehead atoms. The van der Waals surface area contributed by atoms with Crippen LogP contribution in [-0.4, -0.2) is 340 Å². The number of phenolic OH excluding ortho intramolecular Hbond substituents is 2. The second-order valence-corrected chi connectivity index (χ2v) is 34.2. The number of methoxy groups -OCH3 is 3. The molecule has 39 heteroatoms. The Kier molecular flexibility index (Phi) is 39.1. The molecule has 732 valence electrons. The van der Waals surface area contributed by atoms with Crippen LogP contribution in [0.5, 0.6) is 17.2 Å². The lowest BCUT2D eigenvalue weighted by molar-refractivity contribution is -0.256. The third-order valence-electron chi connectivity index (χ3n) is 25.7. The molecule has 6 heterocycles. The molecule has 0 unspecified atom stereocenters. The van der Waals surface area contributed by atoms with Gasteiger partial charge < -0.3 is 143 Å². The number of aromatic hydroxyl groups is 2. The molecule has 6 amide bonds. The number of fused-ring (bicyclic) bond motifs is 10. The number of nitrogens with zero attached hydrogens (tertiary/aromatic N) is 3. The molecule has 0 aromatic heterocycles. The number of benzene rings is 4. The number of ether oxygens (including phenoxy) is 18. The predicted molar refractivity (Wildman–Crippen MR) is 477 cm³/mol. The number of rotatable bonds is 54. The van der Waals surface area contributed by atoms with Gasteiger partial charge in [-0.1, -0.05) is 54.6 Å². The molecule has 4 aromatic rings. The van der Waals surface area contributed by atoms with Crippen molar-refractivity contribution in [1.29, 1.82) is 0 Å². The third-order valence-corrected chi connectivity index (χ3v) is 25.7. The van der Waals surface area contributed by atoms with E-state index in [4.69, 9.17) is 85.3 Å². The van der Waals surface area contributed by atoms with E-state index in [-0.39, 0.29) is 116 Å². The lowest BCUT2D eigenvalue weighted by atomic mass is 9.65. The molecule has 5 fully saturated rings. The zero-order valence-electron chi connectivity index (χ0n) is 76.7. The van der Waals surface area contributed by atoms with E-state index in [0.717, 1.165) is 46.6 Å². The fourth-order valence-electron chi connectivity index (χ4n) is 18.6. The average molecular weight is 1870 g/mol. The number of para-hydroxylation sites is 1. The van der Waals surface area contributed by atoms with E-state index in [0.29, 0.717) is 210 Å². The number of phenols is 2. The number of hydrogen-bond donors (Lipinski definition) is 10. The van der Waals surface area contributed by atoms with Gasteiger partial charge in [-0.2, -0.15) is 0 Å². The van der Waals surface area contributed by atoms with Gasteiger partial charge in [-0.15, -0.1) is 5.53 Å². The zero-order valence-corrected chi connectivity index (χ0v) is 76.7. The lowest BCUT2D eigenvalue weighted by Crippen LogP contribution is -2.56. The van der Waals surface area contributed by atoms with Crippen LogP contribution >= 0.6 is 0 Å². The first kappa shape index (κ1) is 101. The van der Waals surface area contributed by atoms with Gasteiger partial charge in [0.2, 0.25) is 35.3 Å². The smallest absolute Gasteiger partial charge is 0.252 e. The van der Waals surface area contributed by atoms with Crippen molar-refractivity contribution in [3.8, 4) is 17.2 Å². The molecular weight excluding hydrogens is 1730 g/mol. The van der Waals surface area contributed by atoms with Crippen molar-refractivity contribution in [1.82, 2.24) is 47.5 Å². The molecule has 4 saturated heterocycles. The maximum absolute atomic E-state index is 14.7. The number of aliphatic hydroxyl groups is 1. The highest BCUT2D eigenvalue weighted by molar-refractivity contribution is 6.31. The summed E-state index contributed by atoms with van der Waals surface area (Å²) in [7, 11) is 4.48. The van der Waals surface area contributed by atoms with Gasteiger partial charge in [0.25, 0.3) is 5.91 Å². The summed E-state index contributed by atoms with van der Waals surface area (Å²) in [5.74, 6) is -6.04. The zero-order chi connectivity index (χ0) is 93.5. The molecule has 0 radical (unpaired) electrons. The van der Waals surface area contributed by atoms with E-state index < -0.39 is 119 Å². The van der Waals surface area contributed by atoms with Gasteiger partial charge in [-0.05, 0) is 81.4 Å². The summed E-state index contributed by atoms with van der Waals surface area (Å²) in [6.07, 6.45) is -0.344. The molecule has 3 aliphatic carbocycles. The Morgan fingerprint density at radius 2 is 1.13 bits per heavy atom. The largest absolute Gasteiger partial charge is 0.507 e. The summed E-state index contributed by atoms with van der Waals surface area (Å²) in [5.41, 5.74) is 10.7. The fourth-order valence-corrected chi connectivity index (χ4v) is 18.6. The molecule has 133 heavy (non-hydrogen) atoms. The third kappa shape index (κ3) is 26.8. The minimum atomic E-state index is -2.45. The van der Waals surface area contributed by atoms with Gasteiger partial charge in [-0.3, -0.25) is 43.3 Å². The molecule has 9 atom stereocenters. The second-order valence-electron chi connectivity index (χ2n) is 34.2. The van der Waals surface area contributed by atoms with Crippen LogP contribution < -0.4 is 47.3 Å². The number of morpholine rings is 1. The van der Waals surface area contributed by atoms with E-state index >= 15 is 0 Å². The number of carbonyl (C=O) groups is 8. The molecule has 4 aromatic carbocycles. The Balaban J connectivity index is 0.548. The van der Waals surface area contributed by atoms with Gasteiger partial charge >= 0.3 is 0 Å². The van der Waals surface area contributed by atoms with Gasteiger partial charge in [0.1, 0.15) is 35.0 Å².